The molecule has 3 atom stereocenters. The van der Waals surface area contributed by atoms with E-state index in [-0.39, 0.29) is 24.4 Å². The fourth-order valence-electron chi connectivity index (χ4n) is 4.53. The van der Waals surface area contributed by atoms with Gasteiger partial charge in [0.05, 0.1) is 17.2 Å². The number of carboxylic acid groups (broad SMARTS) is 1. The van der Waals surface area contributed by atoms with Gasteiger partial charge in [-0.1, -0.05) is 119 Å². The minimum atomic E-state index is -0.879. The van der Waals surface area contributed by atoms with Crippen LogP contribution in [0.3, 0.4) is 0 Å². The van der Waals surface area contributed by atoms with E-state index in [0.29, 0.717) is 23.1 Å². The number of carboxylic acids is 1. The van der Waals surface area contributed by atoms with Gasteiger partial charge in [-0.05, 0) is 36.8 Å². The van der Waals surface area contributed by atoms with Gasteiger partial charge >= 0.3 is 17.6 Å². The first kappa shape index (κ1) is 44.8. The molecule has 3 N–H and O–H groups in total. The summed E-state index contributed by atoms with van der Waals surface area (Å²) in [4.78, 5) is 61.0. The summed E-state index contributed by atoms with van der Waals surface area (Å²) < 4.78 is 12.7. The summed E-state index contributed by atoms with van der Waals surface area (Å²) in [5.41, 5.74) is 1.27. The van der Waals surface area contributed by atoms with Crippen molar-refractivity contribution in [3.8, 4) is 0 Å². The van der Waals surface area contributed by atoms with E-state index in [1.165, 1.54) is 35.1 Å². The van der Waals surface area contributed by atoms with Crippen molar-refractivity contribution in [1.29, 1.82) is 0 Å². The van der Waals surface area contributed by atoms with Crippen molar-refractivity contribution in [2.75, 3.05) is 19.0 Å². The number of nitrogens with zero attached hydrogens (tertiary/aromatic N) is 2. The summed E-state index contributed by atoms with van der Waals surface area (Å²) in [7, 11) is 1.00. The largest absolute Gasteiger partial charge is 0.478 e. The summed E-state index contributed by atoms with van der Waals surface area (Å²) in [6.45, 7) is 13.2. The van der Waals surface area contributed by atoms with Gasteiger partial charge in [-0.15, -0.1) is 0 Å². The molecule has 0 bridgehead atoms. The van der Waals surface area contributed by atoms with Crippen molar-refractivity contribution < 1.29 is 38.9 Å². The summed E-state index contributed by atoms with van der Waals surface area (Å²) >= 11 is 0. The van der Waals surface area contributed by atoms with E-state index >= 15 is 0 Å². The number of carbonyl (C=O) groups excluding carboxylic acids is 3. The van der Waals surface area contributed by atoms with Crippen LogP contribution in [-0.2, 0) is 14.3 Å². The number of aromatic nitrogens is 2. The number of aromatic carboxylic acids is 1. The van der Waals surface area contributed by atoms with E-state index in [0.717, 1.165) is 19.0 Å². The summed E-state index contributed by atoms with van der Waals surface area (Å²) in [5.74, 6) is -1.63. The minimum absolute atomic E-state index is 0.00161. The maximum Gasteiger partial charge on any atom is 0.351 e. The van der Waals surface area contributed by atoms with Gasteiger partial charge in [-0.2, -0.15) is 4.98 Å². The highest BCUT2D eigenvalue weighted by molar-refractivity contribution is 6.05. The Morgan fingerprint density at radius 2 is 1.47 bits per heavy atom. The second-order valence-electron chi connectivity index (χ2n) is 10.5. The first-order valence-electron chi connectivity index (χ1n) is 16.6. The Morgan fingerprint density at radius 3 is 1.92 bits per heavy atom. The van der Waals surface area contributed by atoms with Crippen LogP contribution in [0.2, 0.25) is 0 Å². The molecule has 0 aliphatic carbocycles. The second-order valence-corrected chi connectivity index (χ2v) is 10.5. The van der Waals surface area contributed by atoms with Gasteiger partial charge in [0, 0.05) is 30.4 Å². The molecule has 3 unspecified atom stereocenters. The molecule has 0 saturated carbocycles. The van der Waals surface area contributed by atoms with Crippen LogP contribution < -0.4 is 11.0 Å². The Bertz CT molecular complexity index is 1810. The first-order valence-corrected chi connectivity index (χ1v) is 16.6. The van der Waals surface area contributed by atoms with E-state index < -0.39 is 29.8 Å². The quantitative estimate of drug-likeness (QED) is 0.0684. The zero-order valence-corrected chi connectivity index (χ0v) is 30.3. The van der Waals surface area contributed by atoms with Crippen LogP contribution >= 0.6 is 0 Å². The number of benzene rings is 3. The standard InChI is InChI=1S/C24H25N3O5.C7H6O2.C7H6O.C2H6.CH4O/c1-4-9-17(5-2)21(28)25-20-12-13-27(24(30)26-20)22-16(3)14-19(32-22)15-31-23(29)18-10-7-6-8-11-18;8-7(9)6-4-2-1-3-5-6;8-6-7-4-2-1-3-5-7;2*1-2/h4-13,16,19,22H,1-2,14-15H2,3H3,(H,25,26,28,30);1-5H,(H,8,9);1-6H;1-2H3;2H,1H3/b17-9+;;;;. The monoisotopic (exact) mass is 725 g/mol. The molecule has 12 heteroatoms. The highest BCUT2D eigenvalue weighted by atomic mass is 16.6. The highest BCUT2D eigenvalue weighted by Crippen LogP contribution is 2.33. The number of rotatable bonds is 10. The average Bonchev–Trinajstić information content (AvgIpc) is 3.58. The molecule has 0 spiro atoms. The number of aldehydes is 1. The number of allylic oxidation sites excluding steroid dienone is 2. The van der Waals surface area contributed by atoms with E-state index in [4.69, 9.17) is 19.7 Å². The molecule has 53 heavy (non-hydrogen) atoms. The Morgan fingerprint density at radius 1 is 0.925 bits per heavy atom. The molecular weight excluding hydrogens is 678 g/mol. The first-order chi connectivity index (χ1) is 25.7. The lowest BCUT2D eigenvalue weighted by Gasteiger charge is -2.18. The predicted octanol–water partition coefficient (Wildman–Crippen LogP) is 6.78. The number of hydrogen-bond donors (Lipinski definition) is 3. The second kappa shape index (κ2) is 25.7. The number of aliphatic hydroxyl groups is 1. The van der Waals surface area contributed by atoms with Crippen LogP contribution in [0.15, 0.2) is 145 Å². The fourth-order valence-corrected chi connectivity index (χ4v) is 4.53. The van der Waals surface area contributed by atoms with Gasteiger partial charge in [-0.3, -0.25) is 14.2 Å². The number of ether oxygens (including phenoxy) is 2. The zero-order valence-electron chi connectivity index (χ0n) is 30.3. The summed E-state index contributed by atoms with van der Waals surface area (Å²) in [5, 5.41) is 17.9. The molecule has 3 aromatic carbocycles. The Balaban J connectivity index is 0.000000541. The lowest BCUT2D eigenvalue weighted by Crippen LogP contribution is -2.30. The minimum Gasteiger partial charge on any atom is -0.478 e. The average molecular weight is 726 g/mol. The number of esters is 1. The molecule has 1 aromatic heterocycles. The van der Waals surface area contributed by atoms with Crippen LogP contribution in [0.4, 0.5) is 5.82 Å². The van der Waals surface area contributed by atoms with Gasteiger partial charge in [-0.25, -0.2) is 14.4 Å². The SMILES string of the molecule is C=C/C=C(\C=C)C(=O)Nc1ccn(C2OC(COC(=O)c3ccccc3)CC2C)c(=O)n1.CC.CO.O=C(O)c1ccccc1.O=Cc1ccccc1. The van der Waals surface area contributed by atoms with Gasteiger partial charge < -0.3 is 25.0 Å². The molecule has 0 radical (unpaired) electrons. The normalized spacial score (nSPS) is 15.3. The molecule has 1 saturated heterocycles. The molecule has 5 rings (SSSR count). The topological polar surface area (TPSA) is 174 Å². The number of aliphatic hydroxyl groups excluding tert-OH is 1. The molecule has 280 valence electrons. The van der Waals surface area contributed by atoms with Crippen LogP contribution in [0.5, 0.6) is 0 Å². The molecule has 4 aromatic rings. The Kier molecular flexibility index (Phi) is 21.7. The smallest absolute Gasteiger partial charge is 0.351 e. The Hall–Kier alpha value is -6.24. The summed E-state index contributed by atoms with van der Waals surface area (Å²) in [6.07, 6.45) is 6.44. The zero-order chi connectivity index (χ0) is 39.6. The number of carbonyl (C=O) groups is 4. The van der Waals surface area contributed by atoms with Crippen molar-refractivity contribution in [3.05, 3.63) is 167 Å². The van der Waals surface area contributed by atoms with E-state index in [2.05, 4.69) is 23.5 Å². The third-order valence-electron chi connectivity index (χ3n) is 6.94. The maximum absolute atomic E-state index is 12.6. The van der Waals surface area contributed by atoms with Crippen LogP contribution in [0.1, 0.15) is 64.5 Å². The molecular formula is C41H47N3O9. The Labute approximate surface area is 309 Å². The number of hydrogen-bond acceptors (Lipinski definition) is 9. The van der Waals surface area contributed by atoms with Crippen molar-refractivity contribution in [1.82, 2.24) is 9.55 Å². The summed E-state index contributed by atoms with van der Waals surface area (Å²) in [6, 6.07) is 27.6. The van der Waals surface area contributed by atoms with Crippen molar-refractivity contribution >= 4 is 29.9 Å². The van der Waals surface area contributed by atoms with Crippen molar-refractivity contribution in [2.24, 2.45) is 5.92 Å². The van der Waals surface area contributed by atoms with Crippen LogP contribution in [0, 0.1) is 5.92 Å². The highest BCUT2D eigenvalue weighted by Gasteiger charge is 2.35. The third kappa shape index (κ3) is 15.7. The van der Waals surface area contributed by atoms with E-state index in [1.54, 1.807) is 66.7 Å². The van der Waals surface area contributed by atoms with Gasteiger partial charge in [0.25, 0.3) is 5.91 Å². The molecule has 1 aliphatic rings. The van der Waals surface area contributed by atoms with Gasteiger partial charge in [0.1, 0.15) is 24.9 Å². The third-order valence-corrected chi connectivity index (χ3v) is 6.94. The molecule has 1 amide bonds. The van der Waals surface area contributed by atoms with E-state index in [1.807, 2.05) is 45.0 Å². The lowest BCUT2D eigenvalue weighted by molar-refractivity contribution is -0.112. The number of amides is 1. The molecule has 12 nitrogen and oxygen atoms in total. The maximum atomic E-state index is 12.6. The number of nitrogens with one attached hydrogen (secondary N) is 1. The predicted molar refractivity (Wildman–Crippen MR) is 205 cm³/mol. The van der Waals surface area contributed by atoms with Crippen molar-refractivity contribution in [2.45, 2.75) is 39.5 Å². The van der Waals surface area contributed by atoms with Crippen molar-refractivity contribution in [3.63, 3.8) is 0 Å². The molecule has 1 fully saturated rings. The lowest BCUT2D eigenvalue weighted by atomic mass is 10.1. The van der Waals surface area contributed by atoms with Gasteiger partial charge in [0.15, 0.2) is 0 Å². The molecule has 1 aliphatic heterocycles. The van der Waals surface area contributed by atoms with Crippen LogP contribution in [-0.4, -0.2) is 63.7 Å². The van der Waals surface area contributed by atoms with Crippen LogP contribution in [0.25, 0.3) is 0 Å². The number of anilines is 1. The van der Waals surface area contributed by atoms with E-state index in [9.17, 15) is 24.0 Å². The molecule has 2 heterocycles. The van der Waals surface area contributed by atoms with Gasteiger partial charge in [0.2, 0.25) is 0 Å². The fraction of sp³-hybridized carbons (Fsp3) is 0.220.